The molecule has 1 aromatic carbocycles. The first-order valence-electron chi connectivity index (χ1n) is 5.90. The SMILES string of the molecule is COc1ccc(Cl)cc1CC(N)CC(C)(C)C. The van der Waals surface area contributed by atoms with Crippen LogP contribution in [0.4, 0.5) is 0 Å². The van der Waals surface area contributed by atoms with Crippen molar-refractivity contribution < 1.29 is 4.74 Å². The van der Waals surface area contributed by atoms with E-state index in [4.69, 9.17) is 22.1 Å². The minimum atomic E-state index is 0.127. The summed E-state index contributed by atoms with van der Waals surface area (Å²) >= 11 is 5.99. The zero-order valence-electron chi connectivity index (χ0n) is 11.1. The van der Waals surface area contributed by atoms with Gasteiger partial charge in [-0.25, -0.2) is 0 Å². The Morgan fingerprint density at radius 1 is 1.35 bits per heavy atom. The standard InChI is InChI=1S/C14H22ClNO/c1-14(2,3)9-12(16)8-10-7-11(15)5-6-13(10)17-4/h5-7,12H,8-9,16H2,1-4H3. The van der Waals surface area contributed by atoms with Crippen molar-refractivity contribution >= 4 is 11.6 Å². The summed E-state index contributed by atoms with van der Waals surface area (Å²) in [6.45, 7) is 6.59. The molecular formula is C14H22ClNO. The van der Waals surface area contributed by atoms with E-state index in [0.29, 0.717) is 0 Å². The Kier molecular flexibility index (Phi) is 4.84. The zero-order valence-corrected chi connectivity index (χ0v) is 11.8. The molecule has 3 heteroatoms. The number of benzene rings is 1. The van der Waals surface area contributed by atoms with Gasteiger partial charge in [-0.15, -0.1) is 0 Å². The quantitative estimate of drug-likeness (QED) is 0.891. The van der Waals surface area contributed by atoms with Crippen LogP contribution in [-0.4, -0.2) is 13.2 Å². The predicted molar refractivity (Wildman–Crippen MR) is 73.8 cm³/mol. The maximum Gasteiger partial charge on any atom is 0.122 e. The van der Waals surface area contributed by atoms with Crippen LogP contribution in [-0.2, 0) is 6.42 Å². The summed E-state index contributed by atoms with van der Waals surface area (Å²) in [5, 5.41) is 0.726. The van der Waals surface area contributed by atoms with Gasteiger partial charge in [-0.1, -0.05) is 32.4 Å². The minimum absolute atomic E-state index is 0.127. The molecule has 0 saturated heterocycles. The summed E-state index contributed by atoms with van der Waals surface area (Å²) < 4.78 is 5.32. The second-order valence-corrected chi connectivity index (χ2v) is 6.12. The van der Waals surface area contributed by atoms with E-state index in [-0.39, 0.29) is 11.5 Å². The topological polar surface area (TPSA) is 35.2 Å². The Balaban J connectivity index is 2.76. The lowest BCUT2D eigenvalue weighted by molar-refractivity contribution is 0.335. The highest BCUT2D eigenvalue weighted by molar-refractivity contribution is 6.30. The number of halogens is 1. The van der Waals surface area contributed by atoms with E-state index in [1.807, 2.05) is 18.2 Å². The fraction of sp³-hybridized carbons (Fsp3) is 0.571. The fourth-order valence-corrected chi connectivity index (χ4v) is 2.24. The van der Waals surface area contributed by atoms with Crippen LogP contribution < -0.4 is 10.5 Å². The van der Waals surface area contributed by atoms with Crippen LogP contribution >= 0.6 is 11.6 Å². The molecule has 96 valence electrons. The van der Waals surface area contributed by atoms with Gasteiger partial charge < -0.3 is 10.5 Å². The molecule has 2 N–H and O–H groups in total. The first-order valence-corrected chi connectivity index (χ1v) is 6.27. The van der Waals surface area contributed by atoms with Crippen LogP contribution in [0.25, 0.3) is 0 Å². The van der Waals surface area contributed by atoms with E-state index in [1.54, 1.807) is 7.11 Å². The van der Waals surface area contributed by atoms with E-state index >= 15 is 0 Å². The molecule has 1 atom stereocenters. The lowest BCUT2D eigenvalue weighted by Crippen LogP contribution is -2.28. The average molecular weight is 256 g/mol. The van der Waals surface area contributed by atoms with Gasteiger partial charge in [0, 0.05) is 11.1 Å². The van der Waals surface area contributed by atoms with Crippen LogP contribution in [0.2, 0.25) is 5.02 Å². The Morgan fingerprint density at radius 2 is 2.00 bits per heavy atom. The van der Waals surface area contributed by atoms with Gasteiger partial charge in [0.1, 0.15) is 5.75 Å². The number of methoxy groups -OCH3 is 1. The molecule has 0 aromatic heterocycles. The van der Waals surface area contributed by atoms with Crippen LogP contribution in [0.5, 0.6) is 5.75 Å². The average Bonchev–Trinajstić information content (AvgIpc) is 2.14. The minimum Gasteiger partial charge on any atom is -0.496 e. The molecule has 0 heterocycles. The van der Waals surface area contributed by atoms with Crippen molar-refractivity contribution in [3.63, 3.8) is 0 Å². The maximum absolute atomic E-state index is 6.17. The van der Waals surface area contributed by atoms with E-state index < -0.39 is 0 Å². The Morgan fingerprint density at radius 3 is 2.53 bits per heavy atom. The highest BCUT2D eigenvalue weighted by Crippen LogP contribution is 2.26. The third-order valence-corrected chi connectivity index (χ3v) is 2.83. The van der Waals surface area contributed by atoms with Gasteiger partial charge in [-0.2, -0.15) is 0 Å². The molecule has 1 rings (SSSR count). The monoisotopic (exact) mass is 255 g/mol. The van der Waals surface area contributed by atoms with Crippen LogP contribution in [0.1, 0.15) is 32.8 Å². The molecule has 0 fully saturated rings. The maximum atomic E-state index is 6.17. The zero-order chi connectivity index (χ0) is 13.1. The Bertz CT molecular complexity index is 371. The fourth-order valence-electron chi connectivity index (χ4n) is 2.05. The Labute approximate surface area is 109 Å². The number of rotatable bonds is 4. The van der Waals surface area contributed by atoms with Crippen molar-refractivity contribution in [3.8, 4) is 5.75 Å². The van der Waals surface area contributed by atoms with Crippen molar-refractivity contribution in [2.45, 2.75) is 39.7 Å². The van der Waals surface area contributed by atoms with E-state index in [1.165, 1.54) is 0 Å². The second kappa shape index (κ2) is 5.74. The van der Waals surface area contributed by atoms with Crippen LogP contribution in [0, 0.1) is 5.41 Å². The molecule has 0 aliphatic rings. The molecule has 0 bridgehead atoms. The second-order valence-electron chi connectivity index (χ2n) is 5.69. The van der Waals surface area contributed by atoms with Gasteiger partial charge in [-0.05, 0) is 42.0 Å². The molecule has 0 spiro atoms. The largest absolute Gasteiger partial charge is 0.496 e. The van der Waals surface area contributed by atoms with Gasteiger partial charge >= 0.3 is 0 Å². The molecule has 1 aromatic rings. The summed E-state index contributed by atoms with van der Waals surface area (Å²) in [7, 11) is 1.67. The summed E-state index contributed by atoms with van der Waals surface area (Å²) in [5.41, 5.74) is 7.49. The third kappa shape index (κ3) is 4.97. The molecule has 0 radical (unpaired) electrons. The summed E-state index contributed by atoms with van der Waals surface area (Å²) in [5.74, 6) is 0.860. The highest BCUT2D eigenvalue weighted by atomic mass is 35.5. The van der Waals surface area contributed by atoms with Crippen molar-refractivity contribution in [1.82, 2.24) is 0 Å². The van der Waals surface area contributed by atoms with Crippen molar-refractivity contribution in [1.29, 1.82) is 0 Å². The summed E-state index contributed by atoms with van der Waals surface area (Å²) in [6.07, 6.45) is 1.77. The Hall–Kier alpha value is -0.730. The molecule has 17 heavy (non-hydrogen) atoms. The lowest BCUT2D eigenvalue weighted by atomic mass is 9.86. The normalized spacial score (nSPS) is 13.5. The molecule has 0 amide bonds. The molecule has 0 saturated carbocycles. The van der Waals surface area contributed by atoms with Gasteiger partial charge in [-0.3, -0.25) is 0 Å². The first-order chi connectivity index (χ1) is 7.81. The van der Waals surface area contributed by atoms with Gasteiger partial charge in [0.25, 0.3) is 0 Å². The van der Waals surface area contributed by atoms with E-state index in [9.17, 15) is 0 Å². The summed E-state index contributed by atoms with van der Waals surface area (Å²) in [4.78, 5) is 0. The number of hydrogen-bond donors (Lipinski definition) is 1. The lowest BCUT2D eigenvalue weighted by Gasteiger charge is -2.23. The van der Waals surface area contributed by atoms with Crippen molar-refractivity contribution in [3.05, 3.63) is 28.8 Å². The predicted octanol–water partition coefficient (Wildman–Crippen LogP) is 3.65. The van der Waals surface area contributed by atoms with Crippen LogP contribution in [0.15, 0.2) is 18.2 Å². The smallest absolute Gasteiger partial charge is 0.122 e. The number of nitrogens with two attached hydrogens (primary N) is 1. The molecule has 0 aliphatic carbocycles. The highest BCUT2D eigenvalue weighted by Gasteiger charge is 2.17. The van der Waals surface area contributed by atoms with Crippen molar-refractivity contribution in [2.24, 2.45) is 11.1 Å². The third-order valence-electron chi connectivity index (χ3n) is 2.60. The van der Waals surface area contributed by atoms with Gasteiger partial charge in [0.15, 0.2) is 0 Å². The number of ether oxygens (including phenoxy) is 1. The van der Waals surface area contributed by atoms with Crippen molar-refractivity contribution in [2.75, 3.05) is 7.11 Å². The number of hydrogen-bond acceptors (Lipinski definition) is 2. The van der Waals surface area contributed by atoms with E-state index in [0.717, 1.165) is 29.2 Å². The summed E-state index contributed by atoms with van der Waals surface area (Å²) in [6, 6.07) is 5.78. The van der Waals surface area contributed by atoms with Crippen LogP contribution in [0.3, 0.4) is 0 Å². The van der Waals surface area contributed by atoms with Gasteiger partial charge in [0.05, 0.1) is 7.11 Å². The molecular weight excluding hydrogens is 234 g/mol. The molecule has 0 aliphatic heterocycles. The van der Waals surface area contributed by atoms with E-state index in [2.05, 4.69) is 20.8 Å². The molecule has 1 unspecified atom stereocenters. The van der Waals surface area contributed by atoms with Gasteiger partial charge in [0.2, 0.25) is 0 Å². The first kappa shape index (κ1) is 14.3. The molecule has 2 nitrogen and oxygen atoms in total.